The molecule has 0 radical (unpaired) electrons. The molecule has 3 nitrogen and oxygen atoms in total. The standard InChI is InChI=1S/C15H32N2OS/c1-17(2)13-10-12-16-15(18)11-8-6-4-3-5-7-9-14-19/h19H,3-14H2,1-2H3,(H,16,18)/p+1. The number of carbonyl (C=O) groups excluding carboxylic acids is 1. The summed E-state index contributed by atoms with van der Waals surface area (Å²) in [5.41, 5.74) is 0. The minimum absolute atomic E-state index is 0.226. The van der Waals surface area contributed by atoms with E-state index in [1.807, 2.05) is 0 Å². The molecule has 1 amide bonds. The van der Waals surface area contributed by atoms with Crippen molar-refractivity contribution < 1.29 is 9.69 Å². The van der Waals surface area contributed by atoms with Gasteiger partial charge < -0.3 is 10.2 Å². The zero-order chi connectivity index (χ0) is 14.3. The summed E-state index contributed by atoms with van der Waals surface area (Å²) in [6, 6.07) is 0. The van der Waals surface area contributed by atoms with Crippen LogP contribution in [0.25, 0.3) is 0 Å². The van der Waals surface area contributed by atoms with Crippen LogP contribution in [0.2, 0.25) is 0 Å². The highest BCUT2D eigenvalue weighted by atomic mass is 32.1. The lowest BCUT2D eigenvalue weighted by Gasteiger charge is -2.08. The van der Waals surface area contributed by atoms with E-state index in [-0.39, 0.29) is 5.91 Å². The monoisotopic (exact) mass is 289 g/mol. The summed E-state index contributed by atoms with van der Waals surface area (Å²) >= 11 is 4.20. The van der Waals surface area contributed by atoms with E-state index in [0.717, 1.165) is 31.7 Å². The Morgan fingerprint density at radius 2 is 1.53 bits per heavy atom. The normalized spacial score (nSPS) is 10.9. The predicted octanol–water partition coefficient (Wildman–Crippen LogP) is 1.69. The van der Waals surface area contributed by atoms with Gasteiger partial charge in [0.1, 0.15) is 0 Å². The van der Waals surface area contributed by atoms with Crippen LogP contribution in [0.4, 0.5) is 0 Å². The fraction of sp³-hybridized carbons (Fsp3) is 0.933. The third-order valence-corrected chi connectivity index (χ3v) is 3.55. The number of hydrogen-bond donors (Lipinski definition) is 3. The van der Waals surface area contributed by atoms with Crippen LogP contribution in [0.5, 0.6) is 0 Å². The molecule has 0 aliphatic carbocycles. The van der Waals surface area contributed by atoms with Gasteiger partial charge in [-0.25, -0.2) is 0 Å². The van der Waals surface area contributed by atoms with E-state index in [1.165, 1.54) is 43.4 Å². The van der Waals surface area contributed by atoms with Crippen LogP contribution >= 0.6 is 12.6 Å². The van der Waals surface area contributed by atoms with Gasteiger partial charge in [-0.2, -0.15) is 12.6 Å². The Bertz CT molecular complexity index is 210. The SMILES string of the molecule is C[NH+](C)CCCNC(=O)CCCCCCCCCS. The molecule has 0 rings (SSSR count). The fourth-order valence-corrected chi connectivity index (χ4v) is 2.26. The van der Waals surface area contributed by atoms with Crippen LogP contribution in [-0.4, -0.2) is 38.8 Å². The average molecular weight is 290 g/mol. The van der Waals surface area contributed by atoms with Crippen molar-refractivity contribution in [3.8, 4) is 0 Å². The number of amides is 1. The lowest BCUT2D eigenvalue weighted by Crippen LogP contribution is -3.05. The van der Waals surface area contributed by atoms with Crippen LogP contribution in [0.3, 0.4) is 0 Å². The van der Waals surface area contributed by atoms with Crippen LogP contribution < -0.4 is 10.2 Å². The van der Waals surface area contributed by atoms with Crippen molar-refractivity contribution in [2.75, 3.05) is 32.9 Å². The summed E-state index contributed by atoms with van der Waals surface area (Å²) < 4.78 is 0. The molecule has 0 aliphatic heterocycles. The zero-order valence-corrected chi connectivity index (χ0v) is 13.7. The van der Waals surface area contributed by atoms with Gasteiger partial charge in [0.25, 0.3) is 0 Å². The Hall–Kier alpha value is -0.220. The largest absolute Gasteiger partial charge is 0.356 e. The molecule has 0 aromatic heterocycles. The van der Waals surface area contributed by atoms with E-state index in [2.05, 4.69) is 32.0 Å². The van der Waals surface area contributed by atoms with Crippen LogP contribution in [0, 0.1) is 0 Å². The summed E-state index contributed by atoms with van der Waals surface area (Å²) in [7, 11) is 4.27. The summed E-state index contributed by atoms with van der Waals surface area (Å²) in [6.45, 7) is 1.94. The highest BCUT2D eigenvalue weighted by Crippen LogP contribution is 2.08. The summed E-state index contributed by atoms with van der Waals surface area (Å²) in [6.07, 6.45) is 10.4. The second-order valence-electron chi connectivity index (χ2n) is 5.61. The van der Waals surface area contributed by atoms with Crippen LogP contribution in [0.15, 0.2) is 0 Å². The lowest BCUT2D eigenvalue weighted by atomic mass is 10.1. The Kier molecular flexibility index (Phi) is 14.0. The molecule has 19 heavy (non-hydrogen) atoms. The Labute approximate surface area is 124 Å². The van der Waals surface area contributed by atoms with E-state index < -0.39 is 0 Å². The molecule has 0 atom stereocenters. The van der Waals surface area contributed by atoms with Crippen LogP contribution in [-0.2, 0) is 4.79 Å². The van der Waals surface area contributed by atoms with Gasteiger partial charge in [-0.15, -0.1) is 0 Å². The van der Waals surface area contributed by atoms with Gasteiger partial charge in [-0.3, -0.25) is 4.79 Å². The number of unbranched alkanes of at least 4 members (excludes halogenated alkanes) is 6. The maximum Gasteiger partial charge on any atom is 0.219 e. The smallest absolute Gasteiger partial charge is 0.219 e. The third-order valence-electron chi connectivity index (χ3n) is 3.24. The summed E-state index contributed by atoms with van der Waals surface area (Å²) in [4.78, 5) is 13.0. The number of quaternary nitrogens is 1. The van der Waals surface area contributed by atoms with Crippen molar-refractivity contribution in [1.82, 2.24) is 5.32 Å². The van der Waals surface area contributed by atoms with Crippen molar-refractivity contribution >= 4 is 18.5 Å². The number of rotatable bonds is 13. The van der Waals surface area contributed by atoms with Crippen LogP contribution in [0.1, 0.15) is 57.8 Å². The van der Waals surface area contributed by atoms with Crippen molar-refractivity contribution in [2.24, 2.45) is 0 Å². The quantitative estimate of drug-likeness (QED) is 0.350. The Balaban J connectivity index is 3.16. The molecule has 0 aliphatic rings. The molecule has 0 heterocycles. The maximum atomic E-state index is 11.5. The molecule has 0 saturated heterocycles. The van der Waals surface area contributed by atoms with E-state index in [0.29, 0.717) is 6.42 Å². The van der Waals surface area contributed by atoms with Gasteiger partial charge >= 0.3 is 0 Å². The second-order valence-corrected chi connectivity index (χ2v) is 6.06. The number of hydrogen-bond acceptors (Lipinski definition) is 2. The van der Waals surface area contributed by atoms with Crippen molar-refractivity contribution in [1.29, 1.82) is 0 Å². The molecule has 0 saturated carbocycles. The molecule has 4 heteroatoms. The average Bonchev–Trinajstić information content (AvgIpc) is 2.37. The molecule has 0 bridgehead atoms. The first-order valence-corrected chi connectivity index (χ1v) is 8.46. The van der Waals surface area contributed by atoms with Gasteiger partial charge in [0.05, 0.1) is 20.6 Å². The first kappa shape index (κ1) is 18.8. The lowest BCUT2D eigenvalue weighted by molar-refractivity contribution is -0.858. The molecule has 0 fully saturated rings. The molecule has 0 aromatic rings. The van der Waals surface area contributed by atoms with E-state index in [1.54, 1.807) is 0 Å². The van der Waals surface area contributed by atoms with Gasteiger partial charge in [-0.05, 0) is 18.6 Å². The third kappa shape index (κ3) is 15.7. The maximum absolute atomic E-state index is 11.5. The molecular weight excluding hydrogens is 256 g/mol. The minimum atomic E-state index is 0.226. The highest BCUT2D eigenvalue weighted by molar-refractivity contribution is 7.80. The second kappa shape index (κ2) is 14.2. The first-order chi connectivity index (χ1) is 9.16. The Morgan fingerprint density at radius 3 is 2.11 bits per heavy atom. The van der Waals surface area contributed by atoms with Gasteiger partial charge in [0.2, 0.25) is 5.91 Å². The van der Waals surface area contributed by atoms with Crippen molar-refractivity contribution in [2.45, 2.75) is 57.8 Å². The number of nitrogens with one attached hydrogen (secondary N) is 2. The zero-order valence-electron chi connectivity index (χ0n) is 12.8. The van der Waals surface area contributed by atoms with E-state index >= 15 is 0 Å². The predicted molar refractivity (Wildman–Crippen MR) is 86.1 cm³/mol. The number of thiol groups is 1. The molecule has 0 aromatic carbocycles. The van der Waals surface area contributed by atoms with Crippen molar-refractivity contribution in [3.63, 3.8) is 0 Å². The molecular formula is C15H33N2OS+. The molecule has 0 unspecified atom stereocenters. The minimum Gasteiger partial charge on any atom is -0.356 e. The topological polar surface area (TPSA) is 33.5 Å². The van der Waals surface area contributed by atoms with Gasteiger partial charge in [0.15, 0.2) is 0 Å². The van der Waals surface area contributed by atoms with E-state index in [9.17, 15) is 4.79 Å². The van der Waals surface area contributed by atoms with Gasteiger partial charge in [0, 0.05) is 19.4 Å². The fourth-order valence-electron chi connectivity index (χ4n) is 2.04. The number of carbonyl (C=O) groups is 1. The molecule has 2 N–H and O–H groups in total. The highest BCUT2D eigenvalue weighted by Gasteiger charge is 2.01. The van der Waals surface area contributed by atoms with Gasteiger partial charge in [-0.1, -0.05) is 32.1 Å². The molecule has 0 spiro atoms. The Morgan fingerprint density at radius 1 is 0.947 bits per heavy atom. The summed E-state index contributed by atoms with van der Waals surface area (Å²) in [5, 5.41) is 3.00. The molecule has 114 valence electrons. The van der Waals surface area contributed by atoms with Crippen molar-refractivity contribution in [3.05, 3.63) is 0 Å². The first-order valence-electron chi connectivity index (χ1n) is 7.83. The van der Waals surface area contributed by atoms with E-state index in [4.69, 9.17) is 0 Å². The summed E-state index contributed by atoms with van der Waals surface area (Å²) in [5.74, 6) is 1.24.